The Labute approximate surface area is 196 Å². The summed E-state index contributed by atoms with van der Waals surface area (Å²) in [5.74, 6) is -2.98. The van der Waals surface area contributed by atoms with Crippen molar-refractivity contribution in [2.75, 3.05) is 6.61 Å². The van der Waals surface area contributed by atoms with Gasteiger partial charge >= 0.3 is 12.1 Å². The fraction of sp³-hybridized carbons (Fsp3) is 0.400. The maximum absolute atomic E-state index is 12.7. The molecule has 9 heteroatoms. The minimum absolute atomic E-state index is 0.0395. The molecule has 0 saturated carbocycles. The first-order chi connectivity index (χ1) is 16.2. The summed E-state index contributed by atoms with van der Waals surface area (Å²) in [6, 6.07) is 12.8. The number of hydrogen-bond acceptors (Lipinski definition) is 4. The van der Waals surface area contributed by atoms with Gasteiger partial charge in [-0.25, -0.2) is 18.4 Å². The van der Waals surface area contributed by atoms with Gasteiger partial charge in [0.2, 0.25) is 12.3 Å². The zero-order valence-corrected chi connectivity index (χ0v) is 19.0. The Balaban J connectivity index is 1.68. The summed E-state index contributed by atoms with van der Waals surface area (Å²) in [4.78, 5) is 36.5. The molecule has 2 aromatic rings. The van der Waals surface area contributed by atoms with E-state index in [0.29, 0.717) is 6.42 Å². The third-order valence-electron chi connectivity index (χ3n) is 6.14. The molecule has 2 amide bonds. The molecule has 0 bridgehead atoms. The molecule has 34 heavy (non-hydrogen) atoms. The zero-order valence-electron chi connectivity index (χ0n) is 19.0. The van der Waals surface area contributed by atoms with Crippen LogP contribution in [0.3, 0.4) is 0 Å². The van der Waals surface area contributed by atoms with Crippen molar-refractivity contribution in [3.05, 3.63) is 59.7 Å². The second kappa shape index (κ2) is 11.1. The molecule has 0 heterocycles. The first-order valence-electron chi connectivity index (χ1n) is 11.2. The predicted molar refractivity (Wildman–Crippen MR) is 122 cm³/mol. The number of benzene rings is 2. The molecule has 182 valence electrons. The lowest BCUT2D eigenvalue weighted by molar-refractivity contribution is -0.143. The van der Waals surface area contributed by atoms with E-state index in [-0.39, 0.29) is 18.4 Å². The molecule has 1 aliphatic carbocycles. The molecule has 3 unspecified atom stereocenters. The van der Waals surface area contributed by atoms with E-state index in [1.165, 1.54) is 0 Å². The summed E-state index contributed by atoms with van der Waals surface area (Å²) in [5, 5.41) is 13.7. The van der Waals surface area contributed by atoms with Gasteiger partial charge in [-0.2, -0.15) is 0 Å². The summed E-state index contributed by atoms with van der Waals surface area (Å²) in [7, 11) is 0. The highest BCUT2D eigenvalue weighted by molar-refractivity contribution is 5.89. The third-order valence-corrected chi connectivity index (χ3v) is 6.14. The van der Waals surface area contributed by atoms with E-state index < -0.39 is 42.9 Å². The number of amides is 2. The van der Waals surface area contributed by atoms with Crippen LogP contribution in [0.2, 0.25) is 0 Å². The molecule has 2 aromatic carbocycles. The lowest BCUT2D eigenvalue weighted by Crippen LogP contribution is -2.54. The normalized spacial score (nSPS) is 15.1. The Bertz CT molecular complexity index is 1000. The number of carboxylic acids is 1. The molecular weight excluding hydrogens is 446 g/mol. The highest BCUT2D eigenvalue weighted by Crippen LogP contribution is 2.44. The standard InChI is InChI=1S/C25H28F2N2O5/c1-3-14(2)22(23(30)28-20(24(31)32)12-21(26)27)29-25(33)34-13-19-17-10-6-4-8-15(17)16-9-5-7-11-18(16)19/h4-11,14,19-22H,3,12-13H2,1-2H3,(H,28,30)(H,29,33)(H,31,32). The van der Waals surface area contributed by atoms with Crippen LogP contribution in [0.1, 0.15) is 43.7 Å². The molecule has 7 nitrogen and oxygen atoms in total. The molecule has 1 aliphatic rings. The Morgan fingerprint density at radius 2 is 1.56 bits per heavy atom. The molecular formula is C25H28F2N2O5. The van der Waals surface area contributed by atoms with Crippen LogP contribution in [0.5, 0.6) is 0 Å². The van der Waals surface area contributed by atoms with Gasteiger partial charge in [0.1, 0.15) is 18.7 Å². The van der Waals surface area contributed by atoms with Crippen molar-refractivity contribution < 1.29 is 33.0 Å². The van der Waals surface area contributed by atoms with Crippen molar-refractivity contribution >= 4 is 18.0 Å². The molecule has 3 atom stereocenters. The number of hydrogen-bond donors (Lipinski definition) is 3. The van der Waals surface area contributed by atoms with Gasteiger partial charge in [0.25, 0.3) is 0 Å². The first kappa shape index (κ1) is 25.1. The molecule has 0 saturated heterocycles. The highest BCUT2D eigenvalue weighted by atomic mass is 19.3. The summed E-state index contributed by atoms with van der Waals surface area (Å²) in [6.45, 7) is 3.52. The second-order valence-electron chi connectivity index (χ2n) is 8.36. The summed E-state index contributed by atoms with van der Waals surface area (Å²) in [5.41, 5.74) is 4.21. The second-order valence-corrected chi connectivity index (χ2v) is 8.36. The van der Waals surface area contributed by atoms with Gasteiger partial charge in [-0.3, -0.25) is 4.79 Å². The SMILES string of the molecule is CCC(C)C(NC(=O)OCC1c2ccccc2-c2ccccc21)C(=O)NC(CC(F)F)C(=O)O. The lowest BCUT2D eigenvalue weighted by atomic mass is 9.97. The number of carbonyl (C=O) groups is 3. The van der Waals surface area contributed by atoms with E-state index in [2.05, 4.69) is 10.6 Å². The van der Waals surface area contributed by atoms with E-state index in [9.17, 15) is 23.2 Å². The van der Waals surface area contributed by atoms with E-state index in [4.69, 9.17) is 9.84 Å². The number of carboxylic acid groups (broad SMARTS) is 1. The fourth-order valence-electron chi connectivity index (χ4n) is 4.13. The van der Waals surface area contributed by atoms with E-state index >= 15 is 0 Å². The van der Waals surface area contributed by atoms with Crippen LogP contribution >= 0.6 is 0 Å². The summed E-state index contributed by atoms with van der Waals surface area (Å²) < 4.78 is 30.8. The Morgan fingerprint density at radius 3 is 2.06 bits per heavy atom. The van der Waals surface area contributed by atoms with Crippen LogP contribution in [0.25, 0.3) is 11.1 Å². The number of alkyl halides is 2. The largest absolute Gasteiger partial charge is 0.480 e. The average molecular weight is 475 g/mol. The van der Waals surface area contributed by atoms with Gasteiger partial charge < -0.3 is 20.5 Å². The smallest absolute Gasteiger partial charge is 0.407 e. The van der Waals surface area contributed by atoms with Crippen LogP contribution in [-0.4, -0.2) is 48.2 Å². The minimum atomic E-state index is -2.90. The number of fused-ring (bicyclic) bond motifs is 3. The third kappa shape index (κ3) is 5.70. The summed E-state index contributed by atoms with van der Waals surface area (Å²) >= 11 is 0. The number of carbonyl (C=O) groups excluding carboxylic acids is 2. The number of ether oxygens (including phenoxy) is 1. The van der Waals surface area contributed by atoms with Crippen molar-refractivity contribution in [1.82, 2.24) is 10.6 Å². The van der Waals surface area contributed by atoms with Crippen molar-refractivity contribution in [2.45, 2.75) is 51.1 Å². The summed E-state index contributed by atoms with van der Waals surface area (Å²) in [6.07, 6.45) is -4.30. The molecule has 3 N–H and O–H groups in total. The van der Waals surface area contributed by atoms with Crippen LogP contribution < -0.4 is 10.6 Å². The number of rotatable bonds is 10. The topological polar surface area (TPSA) is 105 Å². The van der Waals surface area contributed by atoms with Crippen molar-refractivity contribution in [3.63, 3.8) is 0 Å². The zero-order chi connectivity index (χ0) is 24.8. The van der Waals surface area contributed by atoms with Gasteiger partial charge in [-0.1, -0.05) is 68.8 Å². The van der Waals surface area contributed by atoms with Gasteiger partial charge in [-0.05, 0) is 28.2 Å². The average Bonchev–Trinajstić information content (AvgIpc) is 3.13. The van der Waals surface area contributed by atoms with E-state index in [1.54, 1.807) is 13.8 Å². The Hall–Kier alpha value is -3.49. The molecule has 0 spiro atoms. The van der Waals surface area contributed by atoms with E-state index in [1.807, 2.05) is 48.5 Å². The first-order valence-corrected chi connectivity index (χ1v) is 11.2. The molecule has 0 aromatic heterocycles. The Kier molecular flexibility index (Phi) is 8.20. The van der Waals surface area contributed by atoms with Crippen LogP contribution in [0.4, 0.5) is 13.6 Å². The number of nitrogens with one attached hydrogen (secondary N) is 2. The minimum Gasteiger partial charge on any atom is -0.480 e. The quantitative estimate of drug-likeness (QED) is 0.480. The lowest BCUT2D eigenvalue weighted by Gasteiger charge is -2.25. The monoisotopic (exact) mass is 474 g/mol. The van der Waals surface area contributed by atoms with Crippen LogP contribution in [0, 0.1) is 5.92 Å². The van der Waals surface area contributed by atoms with Crippen molar-refractivity contribution in [1.29, 1.82) is 0 Å². The van der Waals surface area contributed by atoms with Crippen molar-refractivity contribution in [2.24, 2.45) is 5.92 Å². The Morgan fingerprint density at radius 1 is 1.00 bits per heavy atom. The number of aliphatic carboxylic acids is 1. The molecule has 0 fully saturated rings. The van der Waals surface area contributed by atoms with Gasteiger partial charge in [-0.15, -0.1) is 0 Å². The molecule has 0 aliphatic heterocycles. The molecule has 3 rings (SSSR count). The maximum atomic E-state index is 12.7. The van der Waals surface area contributed by atoms with Gasteiger partial charge in [0, 0.05) is 12.3 Å². The van der Waals surface area contributed by atoms with Crippen molar-refractivity contribution in [3.8, 4) is 11.1 Å². The maximum Gasteiger partial charge on any atom is 0.407 e. The number of halogens is 2. The van der Waals surface area contributed by atoms with Gasteiger partial charge in [0.05, 0.1) is 0 Å². The van der Waals surface area contributed by atoms with Crippen LogP contribution in [0.15, 0.2) is 48.5 Å². The van der Waals surface area contributed by atoms with Crippen LogP contribution in [-0.2, 0) is 14.3 Å². The highest BCUT2D eigenvalue weighted by Gasteiger charge is 2.33. The fourth-order valence-corrected chi connectivity index (χ4v) is 4.13. The predicted octanol–water partition coefficient (Wildman–Crippen LogP) is 4.16. The molecule has 0 radical (unpaired) electrons. The van der Waals surface area contributed by atoms with E-state index in [0.717, 1.165) is 22.3 Å². The van der Waals surface area contributed by atoms with Gasteiger partial charge in [0.15, 0.2) is 0 Å². The number of alkyl carbamates (subject to hydrolysis) is 1.